The first-order valence-corrected chi connectivity index (χ1v) is 6.11. The Labute approximate surface area is 107 Å². The van der Waals surface area contributed by atoms with E-state index >= 15 is 0 Å². The summed E-state index contributed by atoms with van der Waals surface area (Å²) in [4.78, 5) is 32.5. The molecule has 18 heavy (non-hydrogen) atoms. The Morgan fingerprint density at radius 1 is 1.56 bits per heavy atom. The molecule has 1 aliphatic rings. The van der Waals surface area contributed by atoms with Gasteiger partial charge in [0.25, 0.3) is 12.7 Å². The Hall–Kier alpha value is -1.77. The van der Waals surface area contributed by atoms with Gasteiger partial charge in [-0.1, -0.05) is 0 Å². The van der Waals surface area contributed by atoms with Gasteiger partial charge in [0.15, 0.2) is 5.03 Å². The van der Waals surface area contributed by atoms with E-state index in [-0.39, 0.29) is 24.7 Å². The van der Waals surface area contributed by atoms with E-state index in [1.54, 1.807) is 0 Å². The van der Waals surface area contributed by atoms with Crippen molar-refractivity contribution in [2.24, 2.45) is 0 Å². The van der Waals surface area contributed by atoms with Gasteiger partial charge in [0.1, 0.15) is 13.2 Å². The second-order valence-electron chi connectivity index (χ2n) is 3.19. The molecule has 100 valence electrons. The molecule has 1 fully saturated rings. The van der Waals surface area contributed by atoms with Crippen molar-refractivity contribution in [3.63, 3.8) is 0 Å². The van der Waals surface area contributed by atoms with E-state index in [1.807, 2.05) is 0 Å². The number of hydrogen-bond acceptors (Lipinski definition) is 7. The molecule has 0 spiro atoms. The van der Waals surface area contributed by atoms with Crippen molar-refractivity contribution >= 4 is 24.3 Å². The second-order valence-corrected chi connectivity index (χ2v) is 4.30. The molecule has 1 amide bonds. The van der Waals surface area contributed by atoms with Crippen molar-refractivity contribution in [1.29, 1.82) is 0 Å². The lowest BCUT2D eigenvalue weighted by molar-refractivity contribution is -0.403. The van der Waals surface area contributed by atoms with E-state index in [2.05, 4.69) is 4.74 Å². The molecule has 0 aromatic carbocycles. The highest BCUT2D eigenvalue weighted by molar-refractivity contribution is 8.03. The maximum absolute atomic E-state index is 11.6. The highest BCUT2D eigenvalue weighted by Gasteiger charge is 2.25. The molecule has 8 nitrogen and oxygen atoms in total. The molecule has 0 N–H and O–H groups in total. The summed E-state index contributed by atoms with van der Waals surface area (Å²) < 4.78 is 9.18. The molecule has 0 aromatic rings. The summed E-state index contributed by atoms with van der Waals surface area (Å²) >= 11 is 1.23. The van der Waals surface area contributed by atoms with E-state index in [0.717, 1.165) is 18.4 Å². The van der Waals surface area contributed by atoms with E-state index in [0.29, 0.717) is 6.54 Å². The van der Waals surface area contributed by atoms with Crippen molar-refractivity contribution in [2.45, 2.75) is 6.42 Å². The highest BCUT2D eigenvalue weighted by atomic mass is 32.2. The van der Waals surface area contributed by atoms with E-state index in [4.69, 9.17) is 4.74 Å². The Kier molecular flexibility index (Phi) is 5.98. The standard InChI is InChI=1S/C9H12N2O6S/c12-7-16-3-4-17-9(13)10-2-1-5-18-8(10)6-11(14)15/h6-7H,1-5H2. The van der Waals surface area contributed by atoms with E-state index in [1.165, 1.54) is 16.7 Å². The number of carbonyl (C=O) groups excluding carboxylic acids is 2. The third kappa shape index (κ3) is 4.62. The number of nitrogens with zero attached hydrogens (tertiary/aromatic N) is 2. The van der Waals surface area contributed by atoms with Crippen molar-refractivity contribution in [2.75, 3.05) is 25.5 Å². The summed E-state index contributed by atoms with van der Waals surface area (Å²) in [6, 6.07) is 0. The summed E-state index contributed by atoms with van der Waals surface area (Å²) in [5.41, 5.74) is 0. The lowest BCUT2D eigenvalue weighted by Crippen LogP contribution is -2.34. The number of carbonyl (C=O) groups is 2. The second kappa shape index (κ2) is 7.54. The van der Waals surface area contributed by atoms with Gasteiger partial charge >= 0.3 is 6.09 Å². The van der Waals surface area contributed by atoms with Crippen LogP contribution < -0.4 is 0 Å². The van der Waals surface area contributed by atoms with Gasteiger partial charge in [-0.3, -0.25) is 19.8 Å². The van der Waals surface area contributed by atoms with Crippen molar-refractivity contribution in [3.8, 4) is 0 Å². The molecule has 0 aromatic heterocycles. The minimum absolute atomic E-state index is 0.0372. The predicted molar refractivity (Wildman–Crippen MR) is 62.2 cm³/mol. The first kappa shape index (κ1) is 14.3. The SMILES string of the molecule is O=COCCOC(=O)N1CCCSC1=C[N+](=O)[O-]. The number of thioether (sulfide) groups is 1. The summed E-state index contributed by atoms with van der Waals surface area (Å²) in [5, 5.41) is 10.7. The average Bonchev–Trinajstić information content (AvgIpc) is 2.34. The van der Waals surface area contributed by atoms with Crippen LogP contribution in [0.4, 0.5) is 4.79 Å². The zero-order chi connectivity index (χ0) is 13.4. The third-order valence-electron chi connectivity index (χ3n) is 1.97. The van der Waals surface area contributed by atoms with Gasteiger partial charge in [-0.2, -0.15) is 0 Å². The molecule has 0 saturated carbocycles. The molecule has 1 heterocycles. The molecule has 1 rings (SSSR count). The van der Waals surface area contributed by atoms with Crippen LogP contribution in [-0.4, -0.2) is 47.9 Å². The fourth-order valence-electron chi connectivity index (χ4n) is 1.27. The quantitative estimate of drug-likeness (QED) is 0.317. The lowest BCUT2D eigenvalue weighted by atomic mass is 10.4. The average molecular weight is 276 g/mol. The summed E-state index contributed by atoms with van der Waals surface area (Å²) in [7, 11) is 0. The van der Waals surface area contributed by atoms with Gasteiger partial charge in [-0.25, -0.2) is 4.79 Å². The molecule has 0 atom stereocenters. The van der Waals surface area contributed by atoms with Gasteiger partial charge in [0.2, 0.25) is 0 Å². The fourth-order valence-corrected chi connectivity index (χ4v) is 2.23. The fraction of sp³-hybridized carbons (Fsp3) is 0.556. The number of amides is 1. The third-order valence-corrected chi connectivity index (χ3v) is 3.09. The predicted octanol–water partition coefficient (Wildman–Crippen LogP) is 0.810. The van der Waals surface area contributed by atoms with Crippen LogP contribution in [0.25, 0.3) is 0 Å². The maximum atomic E-state index is 11.6. The zero-order valence-corrected chi connectivity index (χ0v) is 10.3. The summed E-state index contributed by atoms with van der Waals surface area (Å²) in [6.07, 6.45) is 0.844. The zero-order valence-electron chi connectivity index (χ0n) is 9.44. The topological polar surface area (TPSA) is 99.0 Å². The van der Waals surface area contributed by atoms with Gasteiger partial charge in [-0.05, 0) is 6.42 Å². The molecule has 9 heteroatoms. The van der Waals surface area contributed by atoms with Crippen molar-refractivity contribution in [1.82, 2.24) is 4.90 Å². The molecule has 0 bridgehead atoms. The van der Waals surface area contributed by atoms with Crippen LogP contribution in [0.5, 0.6) is 0 Å². The minimum atomic E-state index is -0.676. The molecule has 1 aliphatic heterocycles. The molecule has 0 radical (unpaired) electrons. The molecule has 1 saturated heterocycles. The number of rotatable bonds is 5. The van der Waals surface area contributed by atoms with Crippen LogP contribution in [0.1, 0.15) is 6.42 Å². The van der Waals surface area contributed by atoms with Crippen LogP contribution in [0.2, 0.25) is 0 Å². The Morgan fingerprint density at radius 2 is 2.33 bits per heavy atom. The van der Waals surface area contributed by atoms with Gasteiger partial charge in [0, 0.05) is 12.3 Å². The Morgan fingerprint density at radius 3 is 3.00 bits per heavy atom. The van der Waals surface area contributed by atoms with Crippen molar-refractivity contribution in [3.05, 3.63) is 21.3 Å². The van der Waals surface area contributed by atoms with Gasteiger partial charge in [-0.15, -0.1) is 11.8 Å². The first-order valence-electron chi connectivity index (χ1n) is 5.13. The van der Waals surface area contributed by atoms with Crippen LogP contribution in [0.15, 0.2) is 11.2 Å². The van der Waals surface area contributed by atoms with Crippen LogP contribution >= 0.6 is 11.8 Å². The number of ether oxygens (including phenoxy) is 2. The molecular formula is C9H12N2O6S. The Bertz CT molecular complexity index is 359. The van der Waals surface area contributed by atoms with Crippen LogP contribution in [0, 0.1) is 10.1 Å². The van der Waals surface area contributed by atoms with Crippen molar-refractivity contribution < 1.29 is 24.0 Å². The first-order chi connectivity index (χ1) is 8.65. The van der Waals surface area contributed by atoms with E-state index in [9.17, 15) is 19.7 Å². The largest absolute Gasteiger partial charge is 0.464 e. The van der Waals surface area contributed by atoms with Gasteiger partial charge < -0.3 is 9.47 Å². The van der Waals surface area contributed by atoms with Gasteiger partial charge in [0.05, 0.1) is 4.92 Å². The van der Waals surface area contributed by atoms with Crippen LogP contribution in [0.3, 0.4) is 0 Å². The smallest absolute Gasteiger partial charge is 0.414 e. The summed E-state index contributed by atoms with van der Waals surface area (Å²) in [6.45, 7) is 0.512. The highest BCUT2D eigenvalue weighted by Crippen LogP contribution is 2.27. The minimum Gasteiger partial charge on any atom is -0.464 e. The van der Waals surface area contributed by atoms with E-state index < -0.39 is 11.0 Å². The summed E-state index contributed by atoms with van der Waals surface area (Å²) in [5.74, 6) is 0.720. The molecule has 0 unspecified atom stereocenters. The lowest BCUT2D eigenvalue weighted by Gasteiger charge is -2.26. The number of hydrogen-bond donors (Lipinski definition) is 0. The van der Waals surface area contributed by atoms with Crippen LogP contribution in [-0.2, 0) is 14.3 Å². The number of nitro groups is 1. The molecular weight excluding hydrogens is 264 g/mol. The molecule has 0 aliphatic carbocycles. The monoisotopic (exact) mass is 276 g/mol. The normalized spacial score (nSPS) is 17.3. The maximum Gasteiger partial charge on any atom is 0.414 e. The Balaban J connectivity index is 2.52.